The lowest BCUT2D eigenvalue weighted by Crippen LogP contribution is -2.07. The van der Waals surface area contributed by atoms with Crippen molar-refractivity contribution in [3.8, 4) is 11.5 Å². The molecule has 0 heterocycles. The third-order valence-electron chi connectivity index (χ3n) is 3.85. The Balaban J connectivity index is 2.76. The van der Waals surface area contributed by atoms with E-state index in [0.717, 1.165) is 16.3 Å². The molecule has 25 heavy (non-hydrogen) atoms. The average Bonchev–Trinajstić information content (AvgIpc) is 2.64. The van der Waals surface area contributed by atoms with Gasteiger partial charge in [0.25, 0.3) is 0 Å². The highest BCUT2D eigenvalue weighted by Crippen LogP contribution is 2.44. The van der Waals surface area contributed by atoms with E-state index in [1.54, 1.807) is 27.4 Å². The molecule has 0 unspecified atom stereocenters. The fraction of sp³-hybridized carbons (Fsp3) is 0.316. The first-order chi connectivity index (χ1) is 12.1. The summed E-state index contributed by atoms with van der Waals surface area (Å²) in [5.41, 5.74) is 1.20. The number of halogens is 1. The van der Waals surface area contributed by atoms with E-state index >= 15 is 0 Å². The topological polar surface area (TPSA) is 54.0 Å². The lowest BCUT2D eigenvalue weighted by Gasteiger charge is -2.17. The predicted octanol–water partition coefficient (Wildman–Crippen LogP) is 4.21. The molecule has 0 aliphatic heterocycles. The quantitative estimate of drug-likeness (QED) is 0.507. The molecule has 5 nitrogen and oxygen atoms in total. The molecule has 0 N–H and O–H groups in total. The summed E-state index contributed by atoms with van der Waals surface area (Å²) in [4.78, 5) is 12.1. The van der Waals surface area contributed by atoms with Crippen molar-refractivity contribution in [3.63, 3.8) is 0 Å². The molecule has 0 amide bonds. The van der Waals surface area contributed by atoms with E-state index in [9.17, 15) is 4.79 Å². The molecule has 0 saturated heterocycles. The van der Waals surface area contributed by atoms with Crippen LogP contribution >= 0.6 is 15.9 Å². The summed E-state index contributed by atoms with van der Waals surface area (Å²) in [6, 6.07) is 7.77. The fourth-order valence-corrected chi connectivity index (χ4v) is 3.33. The molecule has 0 aliphatic carbocycles. The first-order valence-corrected chi connectivity index (χ1v) is 8.48. The van der Waals surface area contributed by atoms with Crippen molar-refractivity contribution in [1.82, 2.24) is 0 Å². The molecule has 2 aromatic rings. The minimum Gasteiger partial charge on any atom is -0.495 e. The number of fused-ring (bicyclic) bond motifs is 1. The van der Waals surface area contributed by atoms with Crippen molar-refractivity contribution < 1.29 is 23.7 Å². The van der Waals surface area contributed by atoms with E-state index < -0.39 is 5.97 Å². The summed E-state index contributed by atoms with van der Waals surface area (Å²) in [5, 5.41) is 1.81. The number of hydrogen-bond acceptors (Lipinski definition) is 5. The summed E-state index contributed by atoms with van der Waals surface area (Å²) in [6.07, 6.45) is 2.18. The van der Waals surface area contributed by atoms with Crippen molar-refractivity contribution in [1.29, 1.82) is 0 Å². The Morgan fingerprint density at radius 1 is 1.04 bits per heavy atom. The maximum absolute atomic E-state index is 12.1. The molecule has 0 saturated carbocycles. The van der Waals surface area contributed by atoms with E-state index in [0.29, 0.717) is 34.6 Å². The summed E-state index contributed by atoms with van der Waals surface area (Å²) < 4.78 is 21.9. The van der Waals surface area contributed by atoms with Crippen LogP contribution < -0.4 is 9.47 Å². The zero-order chi connectivity index (χ0) is 18.4. The summed E-state index contributed by atoms with van der Waals surface area (Å²) in [6.45, 7) is 0.408. The van der Waals surface area contributed by atoms with Gasteiger partial charge in [-0.25, -0.2) is 4.79 Å². The molecule has 2 rings (SSSR count). The fourth-order valence-electron chi connectivity index (χ4n) is 2.66. The number of carbonyl (C=O) groups excluding carboxylic acids is 1. The number of hydrogen-bond donors (Lipinski definition) is 0. The lowest BCUT2D eigenvalue weighted by molar-refractivity contribution is -0.136. The van der Waals surface area contributed by atoms with Gasteiger partial charge in [0.05, 0.1) is 32.4 Å². The van der Waals surface area contributed by atoms with Gasteiger partial charge in [-0.3, -0.25) is 0 Å². The van der Waals surface area contributed by atoms with Gasteiger partial charge in [0.1, 0.15) is 11.5 Å². The zero-order valence-corrected chi connectivity index (χ0v) is 16.3. The molecule has 0 bridgehead atoms. The summed E-state index contributed by atoms with van der Waals surface area (Å²) in [7, 11) is 6.16. The molecular weight excluding hydrogens is 388 g/mol. The summed E-state index contributed by atoms with van der Waals surface area (Å²) >= 11 is 3.59. The normalized spacial score (nSPS) is 11.5. The van der Waals surface area contributed by atoms with Crippen LogP contribution in [0.4, 0.5) is 0 Å². The van der Waals surface area contributed by atoms with Gasteiger partial charge < -0.3 is 18.9 Å². The molecule has 0 radical (unpaired) electrons. The van der Waals surface area contributed by atoms with Crippen LogP contribution in [0, 0.1) is 0 Å². The molecule has 0 atom stereocenters. The van der Waals surface area contributed by atoms with Gasteiger partial charge >= 0.3 is 5.97 Å². The molecule has 0 aliphatic rings. The third kappa shape index (κ3) is 3.96. The zero-order valence-electron chi connectivity index (χ0n) is 14.7. The van der Waals surface area contributed by atoms with Crippen molar-refractivity contribution in [2.45, 2.75) is 6.42 Å². The van der Waals surface area contributed by atoms with Crippen LogP contribution in [0.3, 0.4) is 0 Å². The van der Waals surface area contributed by atoms with E-state index in [1.807, 2.05) is 24.3 Å². The number of esters is 1. The van der Waals surface area contributed by atoms with Crippen molar-refractivity contribution in [3.05, 3.63) is 39.9 Å². The van der Waals surface area contributed by atoms with Gasteiger partial charge in [0.2, 0.25) is 0 Å². The maximum atomic E-state index is 12.1. The number of methoxy groups -OCH3 is 4. The summed E-state index contributed by atoms with van der Waals surface area (Å²) in [5.74, 6) is 0.929. The highest BCUT2D eigenvalue weighted by atomic mass is 79.9. The Labute approximate surface area is 155 Å². The van der Waals surface area contributed by atoms with Crippen LogP contribution in [0.25, 0.3) is 16.8 Å². The first-order valence-electron chi connectivity index (χ1n) is 7.69. The second kappa shape index (κ2) is 8.87. The molecular formula is C19H21BrO5. The van der Waals surface area contributed by atoms with Crippen LogP contribution in [-0.4, -0.2) is 41.0 Å². The minimum atomic E-state index is -0.405. The smallest absolute Gasteiger partial charge is 0.333 e. The Bertz CT molecular complexity index is 798. The largest absolute Gasteiger partial charge is 0.495 e. The molecule has 0 fully saturated rings. The van der Waals surface area contributed by atoms with Crippen molar-refractivity contribution >= 4 is 38.7 Å². The number of rotatable bonds is 7. The van der Waals surface area contributed by atoms with Gasteiger partial charge in [-0.05, 0) is 22.0 Å². The monoisotopic (exact) mass is 408 g/mol. The second-order valence-corrected chi connectivity index (χ2v) is 6.04. The van der Waals surface area contributed by atoms with Gasteiger partial charge in [0.15, 0.2) is 0 Å². The third-order valence-corrected chi connectivity index (χ3v) is 4.63. The van der Waals surface area contributed by atoms with E-state index in [1.165, 1.54) is 7.11 Å². The second-order valence-electron chi connectivity index (χ2n) is 5.24. The van der Waals surface area contributed by atoms with Crippen LogP contribution in [0.15, 0.2) is 34.3 Å². The van der Waals surface area contributed by atoms with E-state index in [2.05, 4.69) is 15.9 Å². The Hall–Kier alpha value is -2.05. The molecule has 134 valence electrons. The SMILES string of the molecule is COCC/C(=C\c1c(Br)c(OC)c2ccccc2c1OC)C(=O)OC. The molecule has 0 aromatic heterocycles. The highest BCUT2D eigenvalue weighted by molar-refractivity contribution is 9.10. The van der Waals surface area contributed by atoms with Crippen molar-refractivity contribution in [2.24, 2.45) is 0 Å². The predicted molar refractivity (Wildman–Crippen MR) is 101 cm³/mol. The first kappa shape index (κ1) is 19.3. The van der Waals surface area contributed by atoms with Crippen LogP contribution in [0.5, 0.6) is 11.5 Å². The van der Waals surface area contributed by atoms with E-state index in [4.69, 9.17) is 18.9 Å². The average molecular weight is 409 g/mol. The standard InChI is InChI=1S/C19H21BrO5/c1-22-10-9-12(19(21)25-4)11-15-16(20)18(24-3)14-8-6-5-7-13(14)17(15)23-2/h5-8,11H,9-10H2,1-4H3/b12-11+. The molecule has 6 heteroatoms. The highest BCUT2D eigenvalue weighted by Gasteiger charge is 2.20. The number of carbonyl (C=O) groups is 1. The van der Waals surface area contributed by atoms with Gasteiger partial charge in [0, 0.05) is 35.4 Å². The maximum Gasteiger partial charge on any atom is 0.333 e. The van der Waals surface area contributed by atoms with Crippen LogP contribution in [0.2, 0.25) is 0 Å². The van der Waals surface area contributed by atoms with Gasteiger partial charge in [-0.15, -0.1) is 0 Å². The molecule has 2 aromatic carbocycles. The Kier molecular flexibility index (Phi) is 6.84. The Morgan fingerprint density at radius 3 is 2.16 bits per heavy atom. The van der Waals surface area contributed by atoms with Crippen LogP contribution in [0.1, 0.15) is 12.0 Å². The number of benzene rings is 2. The van der Waals surface area contributed by atoms with Crippen molar-refractivity contribution in [2.75, 3.05) is 35.0 Å². The lowest BCUT2D eigenvalue weighted by atomic mass is 10.0. The van der Waals surface area contributed by atoms with Crippen LogP contribution in [-0.2, 0) is 14.3 Å². The minimum absolute atomic E-state index is 0.405. The van der Waals surface area contributed by atoms with Gasteiger partial charge in [-0.2, -0.15) is 0 Å². The number of ether oxygens (including phenoxy) is 4. The Morgan fingerprint density at radius 2 is 1.64 bits per heavy atom. The van der Waals surface area contributed by atoms with Gasteiger partial charge in [-0.1, -0.05) is 24.3 Å². The molecule has 0 spiro atoms. The van der Waals surface area contributed by atoms with E-state index in [-0.39, 0.29) is 0 Å².